The number of benzene rings is 1. The summed E-state index contributed by atoms with van der Waals surface area (Å²) in [6.07, 6.45) is 0.137. The number of nitrogens with one attached hydrogen (secondary N) is 3. The van der Waals surface area contributed by atoms with Crippen molar-refractivity contribution in [2.75, 3.05) is 5.32 Å². The van der Waals surface area contributed by atoms with Crippen molar-refractivity contribution >= 4 is 33.5 Å². The lowest BCUT2D eigenvalue weighted by molar-refractivity contribution is -0.147. The first kappa shape index (κ1) is 21.6. The highest BCUT2D eigenvalue weighted by atomic mass is 32.2. The molecule has 0 bridgehead atoms. The van der Waals surface area contributed by atoms with Crippen molar-refractivity contribution in [2.45, 2.75) is 50.6 Å². The summed E-state index contributed by atoms with van der Waals surface area (Å²) in [5.74, 6) is -2.26. The minimum Gasteiger partial charge on any atom is -0.480 e. The Morgan fingerprint density at radius 3 is 2.15 bits per heavy atom. The first-order chi connectivity index (χ1) is 11.9. The molecule has 0 aliphatic rings. The van der Waals surface area contributed by atoms with Crippen LogP contribution in [0.25, 0.3) is 0 Å². The van der Waals surface area contributed by atoms with Gasteiger partial charge in [-0.2, -0.15) is 4.72 Å². The lowest BCUT2D eigenvalue weighted by atomic mass is 9.99. The van der Waals surface area contributed by atoms with E-state index in [1.54, 1.807) is 6.92 Å². The predicted octanol–water partition coefficient (Wildman–Crippen LogP) is 0.681. The fourth-order valence-electron chi connectivity index (χ4n) is 1.95. The van der Waals surface area contributed by atoms with Gasteiger partial charge in [0.05, 0.1) is 10.9 Å². The van der Waals surface area contributed by atoms with Crippen molar-refractivity contribution < 1.29 is 27.9 Å². The van der Waals surface area contributed by atoms with Crippen molar-refractivity contribution in [2.24, 2.45) is 0 Å². The molecule has 10 heteroatoms. The Morgan fingerprint density at radius 1 is 1.19 bits per heavy atom. The number of sulfonamides is 1. The zero-order valence-corrected chi connectivity index (χ0v) is 15.8. The number of anilines is 1. The van der Waals surface area contributed by atoms with Gasteiger partial charge in [0.15, 0.2) is 0 Å². The molecule has 2 unspecified atom stereocenters. The van der Waals surface area contributed by atoms with E-state index in [9.17, 15) is 27.9 Å². The molecule has 4 N–H and O–H groups in total. The summed E-state index contributed by atoms with van der Waals surface area (Å²) >= 11 is 0. The van der Waals surface area contributed by atoms with Crippen molar-refractivity contribution in [3.63, 3.8) is 0 Å². The monoisotopic (exact) mass is 385 g/mol. The quantitative estimate of drug-likeness (QED) is 0.518. The second-order valence-electron chi connectivity index (χ2n) is 6.03. The summed E-state index contributed by atoms with van der Waals surface area (Å²) in [6.45, 7) is 5.58. The number of rotatable bonds is 8. The molecule has 2 atom stereocenters. The summed E-state index contributed by atoms with van der Waals surface area (Å²) in [4.78, 5) is 34.3. The normalized spacial score (nSPS) is 14.8. The Bertz CT molecular complexity index is 791. The second-order valence-corrected chi connectivity index (χ2v) is 7.74. The van der Waals surface area contributed by atoms with E-state index in [0.29, 0.717) is 5.69 Å². The van der Waals surface area contributed by atoms with Gasteiger partial charge in [-0.05, 0) is 44.5 Å². The van der Waals surface area contributed by atoms with Gasteiger partial charge in [-0.25, -0.2) is 13.2 Å². The van der Waals surface area contributed by atoms with Crippen molar-refractivity contribution in [1.29, 1.82) is 0 Å². The minimum atomic E-state index is -4.00. The van der Waals surface area contributed by atoms with Crippen LogP contribution in [0.2, 0.25) is 0 Å². The molecule has 2 amide bonds. The number of hydrogen-bond donors (Lipinski definition) is 4. The van der Waals surface area contributed by atoms with Gasteiger partial charge in [0.25, 0.3) is 0 Å². The molecule has 0 fully saturated rings. The van der Waals surface area contributed by atoms with Gasteiger partial charge in [-0.15, -0.1) is 0 Å². The number of carboxylic acid groups (broad SMARTS) is 1. The Morgan fingerprint density at radius 2 is 1.73 bits per heavy atom. The molecular formula is C16H23N3O6S. The van der Waals surface area contributed by atoms with Gasteiger partial charge in [0.2, 0.25) is 21.8 Å². The van der Waals surface area contributed by atoms with Crippen LogP contribution in [0.5, 0.6) is 0 Å². The smallest absolute Gasteiger partial charge is 0.329 e. The van der Waals surface area contributed by atoms with Gasteiger partial charge < -0.3 is 15.7 Å². The first-order valence-electron chi connectivity index (χ1n) is 7.86. The standard InChI is InChI=1S/C16H23N3O6S/c1-5-16(4,15(22)23)18-14(21)10(2)19-26(24,25)13-8-6-12(7-9-13)17-11(3)20/h6-10,19H,5H2,1-4H3,(H,17,20)(H,18,21)(H,22,23). The van der Waals surface area contributed by atoms with E-state index < -0.39 is 33.5 Å². The summed E-state index contributed by atoms with van der Waals surface area (Å²) in [5, 5.41) is 14.0. The maximum absolute atomic E-state index is 12.4. The Balaban J connectivity index is 2.87. The number of carboxylic acids is 1. The maximum atomic E-state index is 12.4. The van der Waals surface area contributed by atoms with E-state index in [1.165, 1.54) is 45.0 Å². The van der Waals surface area contributed by atoms with Crippen LogP contribution in [-0.4, -0.2) is 42.9 Å². The van der Waals surface area contributed by atoms with Crippen molar-refractivity contribution in [3.05, 3.63) is 24.3 Å². The lowest BCUT2D eigenvalue weighted by Gasteiger charge is -2.26. The Hall–Kier alpha value is -2.46. The fourth-order valence-corrected chi connectivity index (χ4v) is 3.15. The number of aliphatic carboxylic acids is 1. The Labute approximate surface area is 152 Å². The molecule has 0 aliphatic heterocycles. The number of carbonyl (C=O) groups excluding carboxylic acids is 2. The number of amides is 2. The van der Waals surface area contributed by atoms with Crippen LogP contribution < -0.4 is 15.4 Å². The van der Waals surface area contributed by atoms with Crippen molar-refractivity contribution in [1.82, 2.24) is 10.0 Å². The number of carbonyl (C=O) groups is 3. The van der Waals surface area contributed by atoms with Gasteiger partial charge in [0.1, 0.15) is 5.54 Å². The molecule has 9 nitrogen and oxygen atoms in total. The lowest BCUT2D eigenvalue weighted by Crippen LogP contribution is -2.56. The van der Waals surface area contributed by atoms with Gasteiger partial charge in [-0.3, -0.25) is 9.59 Å². The molecule has 0 aliphatic carbocycles. The molecule has 1 aromatic rings. The molecule has 0 radical (unpaired) electrons. The van der Waals surface area contributed by atoms with Crippen LogP contribution in [0, 0.1) is 0 Å². The molecule has 1 aromatic carbocycles. The second kappa shape index (κ2) is 8.28. The van der Waals surface area contributed by atoms with Crippen LogP contribution >= 0.6 is 0 Å². The zero-order chi connectivity index (χ0) is 20.1. The average Bonchev–Trinajstić information content (AvgIpc) is 2.53. The SMILES string of the molecule is CCC(C)(NC(=O)C(C)NS(=O)(=O)c1ccc(NC(C)=O)cc1)C(=O)O. The summed E-state index contributed by atoms with van der Waals surface area (Å²) in [5.41, 5.74) is -1.06. The molecule has 26 heavy (non-hydrogen) atoms. The zero-order valence-electron chi connectivity index (χ0n) is 15.0. The number of hydrogen-bond acceptors (Lipinski definition) is 5. The summed E-state index contributed by atoms with van der Waals surface area (Å²) < 4.78 is 26.9. The predicted molar refractivity (Wildman–Crippen MR) is 95.0 cm³/mol. The molecule has 0 spiro atoms. The highest BCUT2D eigenvalue weighted by Gasteiger charge is 2.34. The van der Waals surface area contributed by atoms with Gasteiger partial charge in [0, 0.05) is 12.6 Å². The first-order valence-corrected chi connectivity index (χ1v) is 9.35. The minimum absolute atomic E-state index is 0.0947. The highest BCUT2D eigenvalue weighted by Crippen LogP contribution is 2.15. The molecule has 1 rings (SSSR count). The molecule has 0 heterocycles. The fraction of sp³-hybridized carbons (Fsp3) is 0.438. The van der Waals surface area contributed by atoms with Crippen LogP contribution in [0.1, 0.15) is 34.1 Å². The molecule has 0 aromatic heterocycles. The van der Waals surface area contributed by atoms with Crippen LogP contribution in [-0.2, 0) is 24.4 Å². The Kier molecular flexibility index (Phi) is 6.87. The van der Waals surface area contributed by atoms with Crippen LogP contribution in [0.15, 0.2) is 29.2 Å². The van der Waals surface area contributed by atoms with E-state index in [0.717, 1.165) is 0 Å². The molecule has 0 saturated carbocycles. The average molecular weight is 385 g/mol. The maximum Gasteiger partial charge on any atom is 0.329 e. The van der Waals surface area contributed by atoms with E-state index >= 15 is 0 Å². The van der Waals surface area contributed by atoms with E-state index in [-0.39, 0.29) is 17.2 Å². The summed E-state index contributed by atoms with van der Waals surface area (Å²) in [6, 6.07) is 4.22. The third-order valence-electron chi connectivity index (χ3n) is 3.79. The topological polar surface area (TPSA) is 142 Å². The van der Waals surface area contributed by atoms with Gasteiger partial charge >= 0.3 is 5.97 Å². The summed E-state index contributed by atoms with van der Waals surface area (Å²) in [7, 11) is -4.00. The molecule has 144 valence electrons. The van der Waals surface area contributed by atoms with E-state index in [2.05, 4.69) is 15.4 Å². The molecule has 0 saturated heterocycles. The van der Waals surface area contributed by atoms with Crippen LogP contribution in [0.4, 0.5) is 5.69 Å². The largest absolute Gasteiger partial charge is 0.480 e. The highest BCUT2D eigenvalue weighted by molar-refractivity contribution is 7.89. The van der Waals surface area contributed by atoms with E-state index in [4.69, 9.17) is 0 Å². The molecular weight excluding hydrogens is 362 g/mol. The third-order valence-corrected chi connectivity index (χ3v) is 5.35. The third kappa shape index (κ3) is 5.53. The van der Waals surface area contributed by atoms with Crippen LogP contribution in [0.3, 0.4) is 0 Å². The van der Waals surface area contributed by atoms with E-state index in [1.807, 2.05) is 0 Å². The van der Waals surface area contributed by atoms with Crippen molar-refractivity contribution in [3.8, 4) is 0 Å². The van der Waals surface area contributed by atoms with Gasteiger partial charge in [-0.1, -0.05) is 6.92 Å².